The lowest BCUT2D eigenvalue weighted by Gasteiger charge is -2.09. The number of aromatic nitrogens is 1. The van der Waals surface area contributed by atoms with Crippen molar-refractivity contribution in [1.82, 2.24) is 10.3 Å². The molecule has 27 heavy (non-hydrogen) atoms. The van der Waals surface area contributed by atoms with Crippen LogP contribution in [0.2, 0.25) is 0 Å². The van der Waals surface area contributed by atoms with Gasteiger partial charge in [0.05, 0.1) is 5.56 Å². The van der Waals surface area contributed by atoms with Crippen molar-refractivity contribution in [2.45, 2.75) is 13.5 Å². The average molecular weight is 392 g/mol. The summed E-state index contributed by atoms with van der Waals surface area (Å²) in [7, 11) is 0. The van der Waals surface area contributed by atoms with Crippen LogP contribution in [0.15, 0.2) is 41.8 Å². The molecule has 140 valence electrons. The standard InChI is InChI=1S/C19H15F3N2O2S/c1-2-23-18(25)17-10-27-19(24-17)12-7-6-11(8-16(12)22)26-9-13-14(20)4-3-5-15(13)21/h3-8,10H,2,9H2,1H3,(H,23,25). The number of amides is 1. The second-order valence-electron chi connectivity index (χ2n) is 5.53. The van der Waals surface area contributed by atoms with Crippen molar-refractivity contribution < 1.29 is 22.7 Å². The van der Waals surface area contributed by atoms with Crippen LogP contribution < -0.4 is 10.1 Å². The maximum Gasteiger partial charge on any atom is 0.270 e. The van der Waals surface area contributed by atoms with E-state index >= 15 is 0 Å². The molecule has 1 aromatic heterocycles. The van der Waals surface area contributed by atoms with Crippen LogP contribution in [0.3, 0.4) is 0 Å². The molecule has 0 saturated carbocycles. The minimum absolute atomic E-state index is 0.124. The van der Waals surface area contributed by atoms with E-state index in [1.165, 1.54) is 18.2 Å². The van der Waals surface area contributed by atoms with Gasteiger partial charge in [0.2, 0.25) is 0 Å². The molecule has 0 aliphatic heterocycles. The number of hydrogen-bond acceptors (Lipinski definition) is 4. The van der Waals surface area contributed by atoms with Crippen molar-refractivity contribution in [1.29, 1.82) is 0 Å². The zero-order valence-electron chi connectivity index (χ0n) is 14.3. The number of halogens is 3. The van der Waals surface area contributed by atoms with Crippen LogP contribution in [0, 0.1) is 17.5 Å². The molecule has 4 nitrogen and oxygen atoms in total. The SMILES string of the molecule is CCNC(=O)c1csc(-c2ccc(OCc3c(F)cccc3F)cc2F)n1. The third-order valence-electron chi connectivity index (χ3n) is 3.69. The molecule has 0 atom stereocenters. The highest BCUT2D eigenvalue weighted by Gasteiger charge is 2.15. The summed E-state index contributed by atoms with van der Waals surface area (Å²) < 4.78 is 46.9. The molecule has 1 N–H and O–H groups in total. The number of carbonyl (C=O) groups excluding carboxylic acids is 1. The summed E-state index contributed by atoms with van der Waals surface area (Å²) in [6, 6.07) is 7.54. The number of rotatable bonds is 6. The quantitative estimate of drug-likeness (QED) is 0.669. The number of nitrogens with one attached hydrogen (secondary N) is 1. The van der Waals surface area contributed by atoms with Crippen LogP contribution in [0.1, 0.15) is 23.0 Å². The summed E-state index contributed by atoms with van der Waals surface area (Å²) in [5.74, 6) is -2.27. The number of hydrogen-bond donors (Lipinski definition) is 1. The summed E-state index contributed by atoms with van der Waals surface area (Å²) in [6.45, 7) is 1.89. The minimum Gasteiger partial charge on any atom is -0.489 e. The Kier molecular flexibility index (Phi) is 5.75. The summed E-state index contributed by atoms with van der Waals surface area (Å²) in [4.78, 5) is 15.9. The van der Waals surface area contributed by atoms with Gasteiger partial charge in [0.1, 0.15) is 40.5 Å². The predicted octanol–water partition coefficient (Wildman–Crippen LogP) is 4.56. The van der Waals surface area contributed by atoms with Crippen LogP contribution >= 0.6 is 11.3 Å². The van der Waals surface area contributed by atoms with E-state index in [2.05, 4.69) is 10.3 Å². The maximum absolute atomic E-state index is 14.4. The molecular formula is C19H15F3N2O2S. The van der Waals surface area contributed by atoms with Crippen molar-refractivity contribution >= 4 is 17.2 Å². The maximum atomic E-state index is 14.4. The second kappa shape index (κ2) is 8.22. The third kappa shape index (κ3) is 4.28. The number of ether oxygens (including phenoxy) is 1. The van der Waals surface area contributed by atoms with Gasteiger partial charge in [0.25, 0.3) is 5.91 Å². The molecule has 1 amide bonds. The summed E-state index contributed by atoms with van der Waals surface area (Å²) in [5.41, 5.74) is 0.195. The topological polar surface area (TPSA) is 51.2 Å². The van der Waals surface area contributed by atoms with Gasteiger partial charge in [-0.1, -0.05) is 6.07 Å². The van der Waals surface area contributed by atoms with Crippen molar-refractivity contribution in [2.24, 2.45) is 0 Å². The lowest BCUT2D eigenvalue weighted by atomic mass is 10.2. The molecule has 0 radical (unpaired) electrons. The molecule has 0 saturated heterocycles. The lowest BCUT2D eigenvalue weighted by Crippen LogP contribution is -2.22. The molecule has 3 rings (SSSR count). The normalized spacial score (nSPS) is 10.7. The fourth-order valence-corrected chi connectivity index (χ4v) is 3.16. The van der Waals surface area contributed by atoms with E-state index in [1.807, 2.05) is 0 Å². The zero-order valence-corrected chi connectivity index (χ0v) is 15.1. The summed E-state index contributed by atoms with van der Waals surface area (Å²) in [5, 5.41) is 4.52. The zero-order chi connectivity index (χ0) is 19.4. The Labute approximate surface area is 157 Å². The molecule has 0 bridgehead atoms. The van der Waals surface area contributed by atoms with Gasteiger partial charge in [-0.25, -0.2) is 18.2 Å². The van der Waals surface area contributed by atoms with E-state index in [-0.39, 0.29) is 35.1 Å². The highest BCUT2D eigenvalue weighted by Crippen LogP contribution is 2.29. The first-order chi connectivity index (χ1) is 13.0. The van der Waals surface area contributed by atoms with Crippen molar-refractivity contribution in [2.75, 3.05) is 6.54 Å². The van der Waals surface area contributed by atoms with Crippen LogP contribution in [-0.4, -0.2) is 17.4 Å². The second-order valence-corrected chi connectivity index (χ2v) is 6.39. The van der Waals surface area contributed by atoms with Crippen molar-refractivity contribution in [3.05, 3.63) is 70.5 Å². The molecule has 0 aliphatic carbocycles. The van der Waals surface area contributed by atoms with E-state index in [0.29, 0.717) is 11.6 Å². The monoisotopic (exact) mass is 392 g/mol. The molecule has 0 aliphatic rings. The highest BCUT2D eigenvalue weighted by molar-refractivity contribution is 7.13. The Bertz CT molecular complexity index is 955. The first-order valence-corrected chi connectivity index (χ1v) is 8.97. The number of carbonyl (C=O) groups is 1. The Balaban J connectivity index is 1.75. The largest absolute Gasteiger partial charge is 0.489 e. The Hall–Kier alpha value is -2.87. The predicted molar refractivity (Wildman–Crippen MR) is 96.2 cm³/mol. The van der Waals surface area contributed by atoms with E-state index in [0.717, 1.165) is 29.5 Å². The molecule has 0 spiro atoms. The van der Waals surface area contributed by atoms with E-state index < -0.39 is 17.5 Å². The molecule has 2 aromatic carbocycles. The van der Waals surface area contributed by atoms with Crippen molar-refractivity contribution in [3.8, 4) is 16.3 Å². The number of nitrogens with zero attached hydrogens (tertiary/aromatic N) is 1. The molecule has 1 heterocycles. The van der Waals surface area contributed by atoms with Crippen LogP contribution in [0.25, 0.3) is 10.6 Å². The third-order valence-corrected chi connectivity index (χ3v) is 4.57. The van der Waals surface area contributed by atoms with Gasteiger partial charge < -0.3 is 10.1 Å². The molecule has 3 aromatic rings. The number of thiazole rings is 1. The Morgan fingerprint density at radius 3 is 2.56 bits per heavy atom. The van der Waals surface area contributed by atoms with Gasteiger partial charge in [-0.15, -0.1) is 11.3 Å². The van der Waals surface area contributed by atoms with Crippen molar-refractivity contribution in [3.63, 3.8) is 0 Å². The lowest BCUT2D eigenvalue weighted by molar-refractivity contribution is 0.0951. The summed E-state index contributed by atoms with van der Waals surface area (Å²) >= 11 is 1.14. The summed E-state index contributed by atoms with van der Waals surface area (Å²) in [6.07, 6.45) is 0. The first-order valence-electron chi connectivity index (χ1n) is 8.09. The smallest absolute Gasteiger partial charge is 0.270 e. The van der Waals surface area contributed by atoms with Gasteiger partial charge in [-0.05, 0) is 31.2 Å². The number of benzene rings is 2. The van der Waals surface area contributed by atoms with Gasteiger partial charge in [-0.3, -0.25) is 4.79 Å². The molecule has 0 unspecified atom stereocenters. The average Bonchev–Trinajstić information content (AvgIpc) is 3.11. The highest BCUT2D eigenvalue weighted by atomic mass is 32.1. The van der Waals surface area contributed by atoms with E-state index in [1.54, 1.807) is 12.3 Å². The fourth-order valence-electron chi connectivity index (χ4n) is 2.34. The van der Waals surface area contributed by atoms with Gasteiger partial charge in [0.15, 0.2) is 0 Å². The van der Waals surface area contributed by atoms with Crippen LogP contribution in [0.4, 0.5) is 13.2 Å². The fraction of sp³-hybridized carbons (Fsp3) is 0.158. The first kappa shape index (κ1) is 18.9. The van der Waals surface area contributed by atoms with Gasteiger partial charge in [-0.2, -0.15) is 0 Å². The van der Waals surface area contributed by atoms with E-state index in [4.69, 9.17) is 4.74 Å². The van der Waals surface area contributed by atoms with Gasteiger partial charge in [0, 0.05) is 23.6 Å². The van der Waals surface area contributed by atoms with Gasteiger partial charge >= 0.3 is 0 Å². The van der Waals surface area contributed by atoms with Crippen LogP contribution in [0.5, 0.6) is 5.75 Å². The molecule has 0 fully saturated rings. The molecule has 8 heteroatoms. The Morgan fingerprint density at radius 1 is 1.15 bits per heavy atom. The minimum atomic E-state index is -0.729. The Morgan fingerprint density at radius 2 is 1.89 bits per heavy atom. The van der Waals surface area contributed by atoms with Crippen LogP contribution in [-0.2, 0) is 6.61 Å². The van der Waals surface area contributed by atoms with E-state index in [9.17, 15) is 18.0 Å². The molecular weight excluding hydrogens is 377 g/mol.